The van der Waals surface area contributed by atoms with Crippen LogP contribution in [0.25, 0.3) is 10.8 Å². The molecular weight excluding hydrogens is 432 g/mol. The van der Waals surface area contributed by atoms with Crippen molar-refractivity contribution in [3.63, 3.8) is 0 Å². The maximum atomic E-state index is 11.8. The van der Waals surface area contributed by atoms with Crippen molar-refractivity contribution in [1.82, 2.24) is 0 Å². The van der Waals surface area contributed by atoms with Crippen LogP contribution in [0.15, 0.2) is 78.8 Å². The fourth-order valence-corrected chi connectivity index (χ4v) is 4.10. The minimum Gasteiger partial charge on any atom is -0.282 e. The first-order chi connectivity index (χ1) is 14.0. The average Bonchev–Trinajstić information content (AvgIpc) is 2.65. The zero-order valence-electron chi connectivity index (χ0n) is 15.8. The maximum Gasteiger partial charge on any atom is 0.295 e. The Hall–Kier alpha value is -3.06. The first-order valence-electron chi connectivity index (χ1n) is 8.34. The van der Waals surface area contributed by atoms with Crippen LogP contribution in [-0.4, -0.2) is 33.0 Å². The molecule has 0 saturated heterocycles. The van der Waals surface area contributed by atoms with Gasteiger partial charge in [-0.1, -0.05) is 6.07 Å². The smallest absolute Gasteiger partial charge is 0.282 e. The van der Waals surface area contributed by atoms with Gasteiger partial charge in [-0.05, 0) is 60.3 Å². The van der Waals surface area contributed by atoms with Crippen LogP contribution < -0.4 is 0 Å². The van der Waals surface area contributed by atoms with Crippen molar-refractivity contribution in [2.45, 2.75) is 16.7 Å². The normalized spacial score (nSPS) is 12.9. The highest BCUT2D eigenvalue weighted by molar-refractivity contribution is 7.86. The summed E-state index contributed by atoms with van der Waals surface area (Å²) in [5.41, 5.74) is 2.28. The molecule has 0 spiro atoms. The third-order valence-electron chi connectivity index (χ3n) is 4.12. The molecule has 0 aromatic heterocycles. The molecule has 0 fully saturated rings. The van der Waals surface area contributed by atoms with Gasteiger partial charge in [0.1, 0.15) is 4.90 Å². The highest BCUT2D eigenvalue weighted by atomic mass is 32.2. The van der Waals surface area contributed by atoms with Crippen LogP contribution in [0.1, 0.15) is 5.56 Å². The lowest BCUT2D eigenvalue weighted by molar-refractivity contribution is 0.482. The van der Waals surface area contributed by atoms with Gasteiger partial charge in [-0.2, -0.15) is 37.3 Å². The molecule has 3 aromatic carbocycles. The number of aryl methyl sites for hydroxylation is 1. The topological polar surface area (TPSA) is 158 Å². The van der Waals surface area contributed by atoms with Crippen molar-refractivity contribution in [2.24, 2.45) is 20.5 Å². The van der Waals surface area contributed by atoms with E-state index in [0.717, 1.165) is 11.6 Å². The molecule has 0 amide bonds. The van der Waals surface area contributed by atoms with E-state index in [-0.39, 0.29) is 16.5 Å². The van der Waals surface area contributed by atoms with Gasteiger partial charge >= 0.3 is 0 Å². The minimum atomic E-state index is -4.78. The second-order valence-corrected chi connectivity index (χ2v) is 9.06. The number of hydrogen-bond donors (Lipinski definition) is 2. The lowest BCUT2D eigenvalue weighted by Gasteiger charge is -2.07. The summed E-state index contributed by atoms with van der Waals surface area (Å²) in [5, 5.41) is 16.0. The number of nitrogens with zero attached hydrogens (tertiary/aromatic N) is 4. The molecule has 0 bridgehead atoms. The van der Waals surface area contributed by atoms with E-state index >= 15 is 0 Å². The molecule has 30 heavy (non-hydrogen) atoms. The van der Waals surface area contributed by atoms with E-state index in [0.29, 0.717) is 17.4 Å². The van der Waals surface area contributed by atoms with Gasteiger partial charge < -0.3 is 0 Å². The van der Waals surface area contributed by atoms with E-state index in [4.69, 9.17) is 0 Å². The van der Waals surface area contributed by atoms with Crippen LogP contribution >= 0.6 is 0 Å². The molecule has 3 rings (SSSR count). The zero-order valence-corrected chi connectivity index (χ0v) is 17.4. The zero-order chi connectivity index (χ0) is 22.1. The van der Waals surface area contributed by atoms with Crippen LogP contribution in [0, 0.1) is 6.92 Å². The molecule has 0 unspecified atom stereocenters. The van der Waals surface area contributed by atoms with Gasteiger partial charge in [0.15, 0.2) is 0 Å². The summed E-state index contributed by atoms with van der Waals surface area (Å²) in [5.74, 6) is 0. The Kier molecular flexibility index (Phi) is 5.76. The monoisotopic (exact) mass is 448 g/mol. The lowest BCUT2D eigenvalue weighted by Crippen LogP contribution is -2.04. The van der Waals surface area contributed by atoms with E-state index in [9.17, 15) is 25.9 Å². The fraction of sp³-hybridized carbons (Fsp3) is 0.111. The Balaban J connectivity index is 2.10. The Morgan fingerprint density at radius 2 is 1.43 bits per heavy atom. The summed E-state index contributed by atoms with van der Waals surface area (Å²) in [7, 11) is -7.90. The van der Waals surface area contributed by atoms with Crippen molar-refractivity contribution < 1.29 is 25.9 Å². The molecule has 12 heteroatoms. The van der Waals surface area contributed by atoms with E-state index in [2.05, 4.69) is 20.5 Å². The number of hydrogen-bond acceptors (Lipinski definition) is 8. The molecule has 0 aliphatic rings. The van der Waals surface area contributed by atoms with Gasteiger partial charge in [0.05, 0.1) is 22.0 Å². The number of fused-ring (bicyclic) bond motifs is 1. The summed E-state index contributed by atoms with van der Waals surface area (Å²) in [6.07, 6.45) is 0. The van der Waals surface area contributed by atoms with Crippen molar-refractivity contribution >= 4 is 48.1 Å². The van der Waals surface area contributed by atoms with Crippen LogP contribution in [0.5, 0.6) is 0 Å². The van der Waals surface area contributed by atoms with Crippen LogP contribution in [0.2, 0.25) is 0 Å². The Labute approximate surface area is 172 Å². The second-order valence-electron chi connectivity index (χ2n) is 6.25. The van der Waals surface area contributed by atoms with Crippen LogP contribution in [0.3, 0.4) is 0 Å². The standard InChI is InChI=1S/C18H16N4O6S2/c1-11-7-13(20-19-2)5-6-17(11)22-21-14-4-3-12-8-15(29(23,24)25)10-18(16(12)9-14)30(26,27)28/h3-10H,1-2H3,(H,23,24,25)(H,26,27,28)/b20-19-,22-21-. The quantitative estimate of drug-likeness (QED) is 0.422. The van der Waals surface area contributed by atoms with Crippen molar-refractivity contribution in [3.05, 3.63) is 54.1 Å². The van der Waals surface area contributed by atoms with E-state index in [1.807, 2.05) is 6.92 Å². The molecule has 0 heterocycles. The molecular formula is C18H16N4O6S2. The Bertz CT molecular complexity index is 1410. The van der Waals surface area contributed by atoms with Gasteiger partial charge in [0.2, 0.25) is 0 Å². The van der Waals surface area contributed by atoms with E-state index < -0.39 is 30.0 Å². The Morgan fingerprint density at radius 3 is 2.03 bits per heavy atom. The second kappa shape index (κ2) is 7.99. The predicted octanol–water partition coefficient (Wildman–Crippen LogP) is 4.77. The van der Waals surface area contributed by atoms with E-state index in [1.54, 1.807) is 25.2 Å². The molecule has 0 saturated carbocycles. The van der Waals surface area contributed by atoms with Gasteiger partial charge in [0, 0.05) is 12.4 Å². The SMILES string of the molecule is C/N=N\c1ccc(/N=N\c2ccc3cc(S(=O)(=O)O)cc(S(=O)(=O)O)c3c2)c(C)c1. The summed E-state index contributed by atoms with van der Waals surface area (Å²) >= 11 is 0. The van der Waals surface area contributed by atoms with Crippen molar-refractivity contribution in [1.29, 1.82) is 0 Å². The van der Waals surface area contributed by atoms with Gasteiger partial charge in [0.25, 0.3) is 20.2 Å². The molecule has 0 aliphatic heterocycles. The highest BCUT2D eigenvalue weighted by Gasteiger charge is 2.20. The highest BCUT2D eigenvalue weighted by Crippen LogP contribution is 2.32. The third-order valence-corrected chi connectivity index (χ3v) is 5.84. The first-order valence-corrected chi connectivity index (χ1v) is 11.2. The summed E-state index contributed by atoms with van der Waals surface area (Å²) in [6.45, 7) is 1.82. The number of azo groups is 2. The first kappa shape index (κ1) is 21.6. The van der Waals surface area contributed by atoms with Crippen LogP contribution in [-0.2, 0) is 20.2 Å². The fourth-order valence-electron chi connectivity index (χ4n) is 2.75. The van der Waals surface area contributed by atoms with Gasteiger partial charge in [-0.3, -0.25) is 9.11 Å². The van der Waals surface area contributed by atoms with Gasteiger partial charge in [-0.15, -0.1) is 0 Å². The van der Waals surface area contributed by atoms with Crippen molar-refractivity contribution in [2.75, 3.05) is 7.05 Å². The van der Waals surface area contributed by atoms with E-state index in [1.165, 1.54) is 18.2 Å². The average molecular weight is 448 g/mol. The molecule has 0 atom stereocenters. The largest absolute Gasteiger partial charge is 0.295 e. The lowest BCUT2D eigenvalue weighted by atomic mass is 10.1. The molecule has 0 aliphatic carbocycles. The number of rotatable bonds is 5. The molecule has 0 radical (unpaired) electrons. The van der Waals surface area contributed by atoms with Gasteiger partial charge in [-0.25, -0.2) is 0 Å². The summed E-state index contributed by atoms with van der Waals surface area (Å²) in [4.78, 5) is -1.33. The summed E-state index contributed by atoms with van der Waals surface area (Å²) < 4.78 is 65.1. The van der Waals surface area contributed by atoms with Crippen molar-refractivity contribution in [3.8, 4) is 0 Å². The molecule has 156 valence electrons. The molecule has 10 nitrogen and oxygen atoms in total. The minimum absolute atomic E-state index is 0.0248. The summed E-state index contributed by atoms with van der Waals surface area (Å²) in [6, 6.07) is 11.2. The predicted molar refractivity (Wildman–Crippen MR) is 109 cm³/mol. The number of benzene rings is 3. The third kappa shape index (κ3) is 4.74. The maximum absolute atomic E-state index is 11.8. The van der Waals surface area contributed by atoms with Crippen LogP contribution in [0.4, 0.5) is 17.1 Å². The molecule has 2 N–H and O–H groups in total. The Morgan fingerprint density at radius 1 is 0.767 bits per heavy atom. The molecule has 3 aromatic rings.